The number of benzene rings is 3. The average molecular weight is 462 g/mol. The fraction of sp³-hybridized carbons (Fsp3) is 0.120. The van der Waals surface area contributed by atoms with Crippen molar-refractivity contribution in [3.05, 3.63) is 107 Å². The van der Waals surface area contributed by atoms with Crippen molar-refractivity contribution < 1.29 is 18.3 Å². The minimum absolute atomic E-state index is 0.0879. The van der Waals surface area contributed by atoms with Gasteiger partial charge in [0.2, 0.25) is 0 Å². The zero-order chi connectivity index (χ0) is 23.6. The number of aromatic nitrogens is 1. The van der Waals surface area contributed by atoms with Crippen LogP contribution in [0.4, 0.5) is 0 Å². The molecular formula is C25H23N3O4S. The van der Waals surface area contributed by atoms with Gasteiger partial charge in [0.1, 0.15) is 4.90 Å². The molecule has 0 unspecified atom stereocenters. The molecule has 7 nitrogen and oxygen atoms in total. The molecule has 3 aromatic carbocycles. The van der Waals surface area contributed by atoms with Crippen LogP contribution in [0.25, 0.3) is 10.9 Å². The van der Waals surface area contributed by atoms with Gasteiger partial charge in [-0.1, -0.05) is 77.9 Å². The van der Waals surface area contributed by atoms with Gasteiger partial charge in [-0.3, -0.25) is 15.2 Å². The second-order valence-electron chi connectivity index (χ2n) is 7.83. The topological polar surface area (TPSA) is 108 Å². The summed E-state index contributed by atoms with van der Waals surface area (Å²) < 4.78 is 26.0. The molecule has 0 aliphatic heterocycles. The predicted octanol–water partition coefficient (Wildman–Crippen LogP) is 3.10. The van der Waals surface area contributed by atoms with Crippen molar-refractivity contribution in [1.29, 1.82) is 0 Å². The first-order valence-corrected chi connectivity index (χ1v) is 11.7. The highest BCUT2D eigenvalue weighted by Gasteiger charge is 2.40. The molecule has 0 spiro atoms. The quantitative estimate of drug-likeness (QED) is 0.383. The molecule has 168 valence electrons. The molecule has 0 radical (unpaired) electrons. The van der Waals surface area contributed by atoms with Crippen molar-refractivity contribution >= 4 is 26.8 Å². The second kappa shape index (κ2) is 8.74. The highest BCUT2D eigenvalue weighted by Crippen LogP contribution is 2.30. The first-order chi connectivity index (χ1) is 15.7. The lowest BCUT2D eigenvalue weighted by molar-refractivity contribution is -0.137. The molecule has 0 bridgehead atoms. The van der Waals surface area contributed by atoms with Gasteiger partial charge < -0.3 is 5.11 Å². The number of pyridine rings is 1. The van der Waals surface area contributed by atoms with Crippen LogP contribution in [-0.2, 0) is 20.4 Å². The number of fused-ring (bicyclic) bond motifs is 1. The van der Waals surface area contributed by atoms with Crippen molar-refractivity contribution in [2.45, 2.75) is 24.3 Å². The number of hydrogen-bond donors (Lipinski definition) is 3. The maximum atomic E-state index is 13.3. The van der Waals surface area contributed by atoms with Crippen LogP contribution < -0.4 is 10.3 Å². The van der Waals surface area contributed by atoms with E-state index >= 15 is 0 Å². The first kappa shape index (κ1) is 22.6. The van der Waals surface area contributed by atoms with Crippen molar-refractivity contribution in [2.75, 3.05) is 0 Å². The van der Waals surface area contributed by atoms with Gasteiger partial charge in [0.25, 0.3) is 15.9 Å². The number of nitrogens with zero attached hydrogens (tertiary/aromatic N) is 1. The van der Waals surface area contributed by atoms with Crippen LogP contribution >= 0.6 is 0 Å². The van der Waals surface area contributed by atoms with Gasteiger partial charge in [-0.15, -0.1) is 4.83 Å². The van der Waals surface area contributed by atoms with Crippen LogP contribution in [0.15, 0.2) is 90.0 Å². The van der Waals surface area contributed by atoms with Gasteiger partial charge in [-0.25, -0.2) is 8.42 Å². The van der Waals surface area contributed by atoms with Gasteiger partial charge in [0.15, 0.2) is 5.60 Å². The molecule has 4 aromatic rings. The summed E-state index contributed by atoms with van der Waals surface area (Å²) in [4.78, 5) is 19.4. The second-order valence-corrected chi connectivity index (χ2v) is 9.48. The Morgan fingerprint density at radius 2 is 1.39 bits per heavy atom. The molecule has 1 amide bonds. The van der Waals surface area contributed by atoms with Crippen molar-refractivity contribution in [2.24, 2.45) is 0 Å². The molecule has 4 rings (SSSR count). The lowest BCUT2D eigenvalue weighted by atomic mass is 9.85. The molecule has 0 saturated heterocycles. The van der Waals surface area contributed by atoms with Crippen LogP contribution in [0, 0.1) is 13.8 Å². The number of para-hydroxylation sites is 1. The largest absolute Gasteiger partial charge is 0.372 e. The van der Waals surface area contributed by atoms with E-state index in [-0.39, 0.29) is 10.4 Å². The zero-order valence-electron chi connectivity index (χ0n) is 18.1. The van der Waals surface area contributed by atoms with E-state index in [4.69, 9.17) is 0 Å². The van der Waals surface area contributed by atoms with Gasteiger partial charge in [-0.05, 0) is 37.1 Å². The fourth-order valence-corrected chi connectivity index (χ4v) is 4.59. The van der Waals surface area contributed by atoms with Crippen molar-refractivity contribution in [3.8, 4) is 0 Å². The zero-order valence-corrected chi connectivity index (χ0v) is 18.9. The molecule has 0 atom stereocenters. The van der Waals surface area contributed by atoms with Crippen LogP contribution in [0.1, 0.15) is 22.3 Å². The summed E-state index contributed by atoms with van der Waals surface area (Å²) in [6, 6.07) is 21.8. The lowest BCUT2D eigenvalue weighted by Crippen LogP contribution is -2.52. The van der Waals surface area contributed by atoms with E-state index in [9.17, 15) is 18.3 Å². The molecular weight excluding hydrogens is 438 g/mol. The molecule has 0 aliphatic rings. The van der Waals surface area contributed by atoms with E-state index in [0.717, 1.165) is 11.1 Å². The van der Waals surface area contributed by atoms with Gasteiger partial charge in [0, 0.05) is 11.6 Å². The lowest BCUT2D eigenvalue weighted by Gasteiger charge is -2.28. The first-order valence-electron chi connectivity index (χ1n) is 10.2. The summed E-state index contributed by atoms with van der Waals surface area (Å²) in [5.41, 5.74) is 2.87. The number of rotatable bonds is 6. The molecule has 0 saturated carbocycles. The summed E-state index contributed by atoms with van der Waals surface area (Å²) >= 11 is 0. The third-order valence-corrected chi connectivity index (χ3v) is 6.73. The van der Waals surface area contributed by atoms with E-state index in [1.54, 1.807) is 72.8 Å². The minimum Gasteiger partial charge on any atom is -0.372 e. The van der Waals surface area contributed by atoms with Crippen molar-refractivity contribution in [1.82, 2.24) is 15.2 Å². The Bertz CT molecular complexity index is 1370. The smallest absolute Gasteiger partial charge is 0.276 e. The summed E-state index contributed by atoms with van der Waals surface area (Å²) in [6.45, 7) is 3.78. The average Bonchev–Trinajstić information content (AvgIpc) is 2.82. The number of amides is 1. The highest BCUT2D eigenvalue weighted by atomic mass is 32.2. The maximum absolute atomic E-state index is 13.3. The predicted molar refractivity (Wildman–Crippen MR) is 126 cm³/mol. The van der Waals surface area contributed by atoms with E-state index < -0.39 is 21.5 Å². The SMILES string of the molecule is Cc1ccc(C(O)(C(=O)NNS(=O)(=O)c2cccc3cccnc23)c2ccc(C)cc2)cc1. The summed E-state index contributed by atoms with van der Waals surface area (Å²) in [6.07, 6.45) is 1.49. The molecule has 0 aliphatic carbocycles. The summed E-state index contributed by atoms with van der Waals surface area (Å²) in [5, 5.41) is 12.2. The van der Waals surface area contributed by atoms with E-state index in [2.05, 4.69) is 15.2 Å². The Balaban J connectivity index is 1.68. The Labute approximate surface area is 192 Å². The number of aryl methyl sites for hydroxylation is 2. The highest BCUT2D eigenvalue weighted by molar-refractivity contribution is 7.89. The molecule has 3 N–H and O–H groups in total. The van der Waals surface area contributed by atoms with E-state index in [1.165, 1.54) is 12.3 Å². The Morgan fingerprint density at radius 1 is 0.848 bits per heavy atom. The minimum atomic E-state index is -4.18. The Kier molecular flexibility index (Phi) is 5.99. The molecule has 0 fully saturated rings. The van der Waals surface area contributed by atoms with Crippen molar-refractivity contribution in [3.63, 3.8) is 0 Å². The molecule has 1 heterocycles. The molecule has 8 heteroatoms. The number of aliphatic hydroxyl groups is 1. The number of carbonyl (C=O) groups excluding carboxylic acids is 1. The van der Waals surface area contributed by atoms with Gasteiger partial charge >= 0.3 is 0 Å². The number of hydrazine groups is 1. The van der Waals surface area contributed by atoms with E-state index in [0.29, 0.717) is 16.5 Å². The Hall–Kier alpha value is -3.59. The van der Waals surface area contributed by atoms with E-state index in [1.807, 2.05) is 13.8 Å². The van der Waals surface area contributed by atoms with Crippen LogP contribution in [-0.4, -0.2) is 24.4 Å². The fourth-order valence-electron chi connectivity index (χ4n) is 3.57. The van der Waals surface area contributed by atoms with Crippen LogP contribution in [0.2, 0.25) is 0 Å². The van der Waals surface area contributed by atoms with Crippen LogP contribution in [0.5, 0.6) is 0 Å². The molecule has 33 heavy (non-hydrogen) atoms. The number of sulfonamides is 1. The Morgan fingerprint density at radius 3 is 1.97 bits per heavy atom. The van der Waals surface area contributed by atoms with Gasteiger partial charge in [0.05, 0.1) is 5.52 Å². The standard InChI is InChI=1S/C25H23N3O4S/c1-17-8-12-20(13-9-17)25(30,21-14-10-18(2)11-15-21)24(29)27-28-33(31,32)22-7-3-5-19-6-4-16-26-23(19)22/h3-16,28,30H,1-2H3,(H,27,29). The monoisotopic (exact) mass is 461 g/mol. The number of hydrogen-bond acceptors (Lipinski definition) is 5. The summed E-state index contributed by atoms with van der Waals surface area (Å²) in [5.74, 6) is -0.938. The third-order valence-electron chi connectivity index (χ3n) is 5.45. The number of nitrogens with one attached hydrogen (secondary N) is 2. The summed E-state index contributed by atoms with van der Waals surface area (Å²) in [7, 11) is -4.18. The third kappa shape index (κ3) is 4.36. The van der Waals surface area contributed by atoms with Crippen LogP contribution in [0.3, 0.4) is 0 Å². The molecule has 1 aromatic heterocycles. The number of carbonyl (C=O) groups is 1. The normalized spacial score (nSPS) is 12.0. The maximum Gasteiger partial charge on any atom is 0.276 e. The van der Waals surface area contributed by atoms with Gasteiger partial charge in [-0.2, -0.15) is 0 Å².